The summed E-state index contributed by atoms with van der Waals surface area (Å²) < 4.78 is 2.85. The van der Waals surface area contributed by atoms with Crippen LogP contribution in [0.4, 0.5) is 0 Å². The molecular weight excluding hydrogens is 472 g/mol. The Morgan fingerprint density at radius 2 is 1.85 bits per heavy atom. The SMILES string of the molecule is O=C(NCCCCBr)c1cn(Cc2ccccc2)c2cc(Br)ccc2c1=O. The van der Waals surface area contributed by atoms with E-state index in [1.54, 1.807) is 12.3 Å². The summed E-state index contributed by atoms with van der Waals surface area (Å²) in [5, 5.41) is 4.30. The molecule has 27 heavy (non-hydrogen) atoms. The van der Waals surface area contributed by atoms with E-state index in [0.29, 0.717) is 18.5 Å². The molecule has 1 amide bonds. The summed E-state index contributed by atoms with van der Waals surface area (Å²) in [6.45, 7) is 1.14. The summed E-state index contributed by atoms with van der Waals surface area (Å²) in [4.78, 5) is 25.5. The first-order valence-corrected chi connectivity index (χ1v) is 10.7. The van der Waals surface area contributed by atoms with Crippen LogP contribution in [0.5, 0.6) is 0 Å². The summed E-state index contributed by atoms with van der Waals surface area (Å²) in [5.41, 5.74) is 1.85. The van der Waals surface area contributed by atoms with Gasteiger partial charge in [-0.1, -0.05) is 62.2 Å². The van der Waals surface area contributed by atoms with E-state index in [2.05, 4.69) is 37.2 Å². The van der Waals surface area contributed by atoms with E-state index in [4.69, 9.17) is 0 Å². The molecule has 3 aromatic rings. The van der Waals surface area contributed by atoms with E-state index in [9.17, 15) is 9.59 Å². The van der Waals surface area contributed by atoms with Gasteiger partial charge in [-0.05, 0) is 36.6 Å². The number of rotatable bonds is 7. The lowest BCUT2D eigenvalue weighted by Gasteiger charge is -2.14. The zero-order chi connectivity index (χ0) is 19.2. The number of halogens is 2. The standard InChI is InChI=1S/C21H20Br2N2O2/c22-10-4-5-11-24-21(27)18-14-25(13-15-6-2-1-3-7-15)19-12-16(23)8-9-17(19)20(18)26/h1-3,6-9,12,14H,4-5,10-11,13H2,(H,24,27). The van der Waals surface area contributed by atoms with Gasteiger partial charge in [0, 0.05) is 34.5 Å². The third kappa shape index (κ3) is 4.87. The number of carbonyl (C=O) groups excluding carboxylic acids is 1. The Labute approximate surface area is 174 Å². The average Bonchev–Trinajstić information content (AvgIpc) is 2.68. The normalized spacial score (nSPS) is 10.9. The number of fused-ring (bicyclic) bond motifs is 1. The van der Waals surface area contributed by atoms with E-state index < -0.39 is 0 Å². The molecule has 2 aromatic carbocycles. The average molecular weight is 492 g/mol. The number of aromatic nitrogens is 1. The topological polar surface area (TPSA) is 51.1 Å². The van der Waals surface area contributed by atoms with Crippen LogP contribution < -0.4 is 10.7 Å². The molecule has 0 spiro atoms. The molecule has 3 rings (SSSR count). The zero-order valence-corrected chi connectivity index (χ0v) is 17.9. The van der Waals surface area contributed by atoms with Gasteiger partial charge >= 0.3 is 0 Å². The van der Waals surface area contributed by atoms with Crippen LogP contribution in [0.15, 0.2) is 64.0 Å². The first-order valence-electron chi connectivity index (χ1n) is 8.81. The lowest BCUT2D eigenvalue weighted by molar-refractivity contribution is 0.0951. The second kappa shape index (κ2) is 9.33. The van der Waals surface area contributed by atoms with Crippen LogP contribution in [-0.4, -0.2) is 22.3 Å². The summed E-state index contributed by atoms with van der Waals surface area (Å²) in [6, 6.07) is 15.5. The van der Waals surface area contributed by atoms with Crippen molar-refractivity contribution in [2.75, 3.05) is 11.9 Å². The van der Waals surface area contributed by atoms with Crippen molar-refractivity contribution in [3.8, 4) is 0 Å². The molecule has 0 unspecified atom stereocenters. The third-order valence-corrected chi connectivity index (χ3v) is 5.38. The van der Waals surface area contributed by atoms with Crippen molar-refractivity contribution < 1.29 is 4.79 Å². The maximum atomic E-state index is 12.9. The Hall–Kier alpha value is -1.92. The highest BCUT2D eigenvalue weighted by Crippen LogP contribution is 2.19. The fraction of sp³-hybridized carbons (Fsp3) is 0.238. The van der Waals surface area contributed by atoms with E-state index in [1.807, 2.05) is 47.0 Å². The lowest BCUT2D eigenvalue weighted by atomic mass is 10.1. The van der Waals surface area contributed by atoms with E-state index in [1.165, 1.54) is 0 Å². The minimum atomic E-state index is -0.318. The molecule has 0 atom stereocenters. The summed E-state index contributed by atoms with van der Waals surface area (Å²) >= 11 is 6.85. The molecule has 0 saturated heterocycles. The van der Waals surface area contributed by atoms with Crippen molar-refractivity contribution in [3.63, 3.8) is 0 Å². The van der Waals surface area contributed by atoms with Crippen LogP contribution in [0, 0.1) is 0 Å². The zero-order valence-electron chi connectivity index (χ0n) is 14.8. The van der Waals surface area contributed by atoms with Crippen molar-refractivity contribution in [2.45, 2.75) is 19.4 Å². The second-order valence-electron chi connectivity index (χ2n) is 6.30. The second-order valence-corrected chi connectivity index (χ2v) is 8.01. The first-order chi connectivity index (χ1) is 13.1. The number of hydrogen-bond donors (Lipinski definition) is 1. The van der Waals surface area contributed by atoms with Crippen molar-refractivity contribution in [1.29, 1.82) is 0 Å². The molecule has 0 aliphatic carbocycles. The maximum absolute atomic E-state index is 12.9. The van der Waals surface area contributed by atoms with Gasteiger partial charge in [0.25, 0.3) is 5.91 Å². The molecule has 0 bridgehead atoms. The molecule has 6 heteroatoms. The van der Waals surface area contributed by atoms with Crippen molar-refractivity contribution in [2.24, 2.45) is 0 Å². The number of carbonyl (C=O) groups is 1. The van der Waals surface area contributed by atoms with Crippen LogP contribution in [-0.2, 0) is 6.54 Å². The fourth-order valence-corrected chi connectivity index (χ4v) is 3.70. The predicted octanol–water partition coefficient (Wildman–Crippen LogP) is 4.72. The summed E-state index contributed by atoms with van der Waals surface area (Å²) in [5.74, 6) is -0.318. The minimum Gasteiger partial charge on any atom is -0.352 e. The molecule has 1 heterocycles. The van der Waals surface area contributed by atoms with E-state index in [0.717, 1.165) is 33.7 Å². The number of benzene rings is 2. The van der Waals surface area contributed by atoms with Gasteiger partial charge in [-0.3, -0.25) is 9.59 Å². The summed E-state index contributed by atoms with van der Waals surface area (Å²) in [7, 11) is 0. The van der Waals surface area contributed by atoms with Gasteiger partial charge in [0.15, 0.2) is 0 Å². The highest BCUT2D eigenvalue weighted by molar-refractivity contribution is 9.10. The monoisotopic (exact) mass is 490 g/mol. The molecule has 0 radical (unpaired) electrons. The van der Waals surface area contributed by atoms with Gasteiger partial charge in [-0.15, -0.1) is 0 Å². The lowest BCUT2D eigenvalue weighted by Crippen LogP contribution is -2.30. The van der Waals surface area contributed by atoms with Gasteiger partial charge in [0.05, 0.1) is 5.52 Å². The van der Waals surface area contributed by atoms with Gasteiger partial charge in [-0.25, -0.2) is 0 Å². The van der Waals surface area contributed by atoms with Crippen LogP contribution in [0.1, 0.15) is 28.8 Å². The van der Waals surface area contributed by atoms with Gasteiger partial charge in [-0.2, -0.15) is 0 Å². The number of hydrogen-bond acceptors (Lipinski definition) is 2. The van der Waals surface area contributed by atoms with Crippen LogP contribution >= 0.6 is 31.9 Å². The number of nitrogens with one attached hydrogen (secondary N) is 1. The molecule has 0 aliphatic heterocycles. The quantitative estimate of drug-likeness (QED) is 0.384. The smallest absolute Gasteiger partial charge is 0.256 e. The van der Waals surface area contributed by atoms with E-state index >= 15 is 0 Å². The van der Waals surface area contributed by atoms with Crippen molar-refractivity contribution in [1.82, 2.24) is 9.88 Å². The molecule has 0 aliphatic rings. The maximum Gasteiger partial charge on any atom is 0.256 e. The largest absolute Gasteiger partial charge is 0.352 e. The number of alkyl halides is 1. The minimum absolute atomic E-state index is 0.180. The first kappa shape index (κ1) is 19.8. The Morgan fingerprint density at radius 1 is 1.07 bits per heavy atom. The molecule has 4 nitrogen and oxygen atoms in total. The number of pyridine rings is 1. The molecule has 140 valence electrons. The van der Waals surface area contributed by atoms with Crippen LogP contribution in [0.25, 0.3) is 10.9 Å². The highest BCUT2D eigenvalue weighted by Gasteiger charge is 2.15. The molecular formula is C21H20Br2N2O2. The Kier molecular flexibility index (Phi) is 6.85. The Bertz CT molecular complexity index is 1000. The van der Waals surface area contributed by atoms with Gasteiger partial charge in [0.2, 0.25) is 5.43 Å². The molecule has 1 N–H and O–H groups in total. The van der Waals surface area contributed by atoms with Gasteiger partial charge < -0.3 is 9.88 Å². The van der Waals surface area contributed by atoms with Crippen LogP contribution in [0.2, 0.25) is 0 Å². The highest BCUT2D eigenvalue weighted by atomic mass is 79.9. The summed E-state index contributed by atoms with van der Waals surface area (Å²) in [6.07, 6.45) is 3.52. The van der Waals surface area contributed by atoms with E-state index in [-0.39, 0.29) is 16.9 Å². The predicted molar refractivity (Wildman–Crippen MR) is 117 cm³/mol. The third-order valence-electron chi connectivity index (χ3n) is 4.33. The molecule has 0 fully saturated rings. The van der Waals surface area contributed by atoms with Gasteiger partial charge in [0.1, 0.15) is 5.56 Å². The van der Waals surface area contributed by atoms with Crippen molar-refractivity contribution in [3.05, 3.63) is 80.6 Å². The number of amides is 1. The Morgan fingerprint density at radius 3 is 2.59 bits per heavy atom. The molecule has 1 aromatic heterocycles. The Balaban J connectivity index is 2.01. The number of nitrogens with zero attached hydrogens (tertiary/aromatic N) is 1. The number of unbranched alkanes of at least 4 members (excludes halogenated alkanes) is 1. The molecule has 0 saturated carbocycles. The van der Waals surface area contributed by atoms with Crippen LogP contribution in [0.3, 0.4) is 0 Å². The van der Waals surface area contributed by atoms with Crippen molar-refractivity contribution >= 4 is 48.7 Å². The fourth-order valence-electron chi connectivity index (χ4n) is 2.95.